The molecule has 3 rings (SSSR count). The zero-order valence-corrected chi connectivity index (χ0v) is 16.6. The topological polar surface area (TPSA) is 93.1 Å². The highest BCUT2D eigenvalue weighted by Gasteiger charge is 2.32. The molecule has 0 unspecified atom stereocenters. The first-order chi connectivity index (χ1) is 15.7. The lowest BCUT2D eigenvalue weighted by atomic mass is 9.90. The maximum Gasteiger partial charge on any atom is 0.573 e. The number of aromatic carboxylic acids is 2. The molecule has 178 valence electrons. The molecular weight excluding hydrogens is 474 g/mol. The summed E-state index contributed by atoms with van der Waals surface area (Å²) in [5.74, 6) is -4.13. The van der Waals surface area contributed by atoms with Gasteiger partial charge in [0.15, 0.2) is 0 Å². The van der Waals surface area contributed by atoms with Crippen molar-refractivity contribution in [1.29, 1.82) is 0 Å². The number of hydrogen-bond donors (Lipinski definition) is 2. The number of carboxylic acids is 2. The van der Waals surface area contributed by atoms with E-state index in [1.807, 2.05) is 0 Å². The van der Waals surface area contributed by atoms with Gasteiger partial charge in [-0.15, -0.1) is 26.3 Å². The Hall–Kier alpha value is -4.22. The predicted octanol–water partition coefficient (Wildman–Crippen LogP) is 6.21. The van der Waals surface area contributed by atoms with E-state index in [-0.39, 0.29) is 22.3 Å². The van der Waals surface area contributed by atoms with E-state index < -0.39 is 47.3 Å². The molecule has 0 aliphatic heterocycles. The van der Waals surface area contributed by atoms with Gasteiger partial charge in [-0.1, -0.05) is 24.3 Å². The van der Waals surface area contributed by atoms with Crippen molar-refractivity contribution in [2.24, 2.45) is 0 Å². The van der Waals surface area contributed by atoms with Gasteiger partial charge in [0.25, 0.3) is 0 Å². The molecule has 0 amide bonds. The fourth-order valence-corrected chi connectivity index (χ4v) is 3.10. The third kappa shape index (κ3) is 5.97. The summed E-state index contributed by atoms with van der Waals surface area (Å²) in [5, 5.41) is 19.1. The molecule has 0 atom stereocenters. The number of carbonyl (C=O) groups is 2. The number of ether oxygens (including phenoxy) is 2. The molecule has 34 heavy (non-hydrogen) atoms. The maximum absolute atomic E-state index is 12.4. The minimum absolute atomic E-state index is 0.0401. The molecule has 0 radical (unpaired) electrons. The first kappa shape index (κ1) is 24.4. The van der Waals surface area contributed by atoms with Crippen LogP contribution in [0.4, 0.5) is 26.3 Å². The van der Waals surface area contributed by atoms with Gasteiger partial charge in [0.05, 0.1) is 11.1 Å². The fourth-order valence-electron chi connectivity index (χ4n) is 3.10. The third-order valence-corrected chi connectivity index (χ3v) is 4.42. The maximum atomic E-state index is 12.4. The molecule has 6 nitrogen and oxygen atoms in total. The van der Waals surface area contributed by atoms with Gasteiger partial charge in [0.1, 0.15) is 11.5 Å². The first-order valence-corrected chi connectivity index (χ1v) is 9.10. The smallest absolute Gasteiger partial charge is 0.478 e. The third-order valence-electron chi connectivity index (χ3n) is 4.42. The Balaban J connectivity index is 2.11. The molecule has 0 fully saturated rings. The molecule has 0 heterocycles. The van der Waals surface area contributed by atoms with Crippen molar-refractivity contribution in [3.63, 3.8) is 0 Å². The zero-order chi connectivity index (χ0) is 25.3. The predicted molar refractivity (Wildman–Crippen MR) is 105 cm³/mol. The van der Waals surface area contributed by atoms with Crippen molar-refractivity contribution in [3.8, 4) is 33.8 Å². The fraction of sp³-hybridized carbons (Fsp3) is 0.0909. The van der Waals surface area contributed by atoms with Crippen LogP contribution < -0.4 is 9.47 Å². The molecule has 0 aliphatic rings. The molecule has 12 heteroatoms. The highest BCUT2D eigenvalue weighted by Crippen LogP contribution is 2.35. The highest BCUT2D eigenvalue weighted by molar-refractivity contribution is 6.04. The quantitative estimate of drug-likeness (QED) is 0.402. The Labute approximate surface area is 186 Å². The standard InChI is InChI=1S/C22H12F6O6/c23-21(24,25)33-13-5-1-11(2-6-13)15-9-16(18(20(31)32)10-17(15)19(29)30)12-3-7-14(8-4-12)34-22(26,27)28/h1-10H,(H,29,30)(H,31,32). The number of rotatable bonds is 6. The molecule has 0 bridgehead atoms. The number of hydrogen-bond acceptors (Lipinski definition) is 4. The SMILES string of the molecule is O=C(O)c1cc(C(=O)O)c(-c2ccc(OC(F)(F)F)cc2)cc1-c1ccc(OC(F)(F)F)cc1. The second-order valence-corrected chi connectivity index (χ2v) is 6.70. The summed E-state index contributed by atoms with van der Waals surface area (Å²) < 4.78 is 81.9. The largest absolute Gasteiger partial charge is 0.573 e. The van der Waals surface area contributed by atoms with Crippen LogP contribution >= 0.6 is 0 Å². The molecule has 3 aromatic rings. The minimum Gasteiger partial charge on any atom is -0.478 e. The summed E-state index contributed by atoms with van der Waals surface area (Å²) in [6.07, 6.45) is -9.88. The van der Waals surface area contributed by atoms with Gasteiger partial charge in [-0.05, 0) is 58.7 Å². The summed E-state index contributed by atoms with van der Waals surface area (Å²) in [6, 6.07) is 10.4. The molecule has 0 saturated carbocycles. The van der Waals surface area contributed by atoms with Crippen molar-refractivity contribution >= 4 is 11.9 Å². The molecule has 0 aliphatic carbocycles. The lowest BCUT2D eigenvalue weighted by Gasteiger charge is -2.15. The molecule has 0 spiro atoms. The van der Waals surface area contributed by atoms with Crippen LogP contribution in [0.5, 0.6) is 11.5 Å². The number of alkyl halides is 6. The molecule has 3 aromatic carbocycles. The van der Waals surface area contributed by atoms with E-state index in [0.29, 0.717) is 0 Å². The van der Waals surface area contributed by atoms with Crippen LogP contribution in [0.3, 0.4) is 0 Å². The molecule has 2 N–H and O–H groups in total. The molecular formula is C22H12F6O6. The second kappa shape index (κ2) is 8.96. The lowest BCUT2D eigenvalue weighted by molar-refractivity contribution is -0.275. The van der Waals surface area contributed by atoms with Crippen LogP contribution in [-0.2, 0) is 0 Å². The number of carboxylic acid groups (broad SMARTS) is 2. The summed E-state index contributed by atoms with van der Waals surface area (Å²) in [5.41, 5.74) is -0.738. The van der Waals surface area contributed by atoms with Crippen molar-refractivity contribution in [1.82, 2.24) is 0 Å². The Bertz CT molecular complexity index is 1120. The van der Waals surface area contributed by atoms with Crippen molar-refractivity contribution in [2.45, 2.75) is 12.7 Å². The Morgan fingerprint density at radius 1 is 0.588 bits per heavy atom. The van der Waals surface area contributed by atoms with E-state index >= 15 is 0 Å². The van der Waals surface area contributed by atoms with E-state index in [1.54, 1.807) is 0 Å². The van der Waals surface area contributed by atoms with E-state index in [9.17, 15) is 46.1 Å². The van der Waals surface area contributed by atoms with E-state index in [2.05, 4.69) is 9.47 Å². The van der Waals surface area contributed by atoms with Crippen LogP contribution in [-0.4, -0.2) is 34.9 Å². The van der Waals surface area contributed by atoms with Crippen LogP contribution in [0.2, 0.25) is 0 Å². The van der Waals surface area contributed by atoms with Crippen LogP contribution in [0.25, 0.3) is 22.3 Å². The van der Waals surface area contributed by atoms with Gasteiger partial charge in [-0.2, -0.15) is 0 Å². The van der Waals surface area contributed by atoms with Crippen LogP contribution in [0, 0.1) is 0 Å². The summed E-state index contributed by atoms with van der Waals surface area (Å²) in [4.78, 5) is 23.5. The highest BCUT2D eigenvalue weighted by atomic mass is 19.4. The Morgan fingerprint density at radius 3 is 1.18 bits per heavy atom. The van der Waals surface area contributed by atoms with Crippen molar-refractivity contribution < 1.29 is 55.6 Å². The van der Waals surface area contributed by atoms with Gasteiger partial charge in [0, 0.05) is 0 Å². The Kier molecular flexibility index (Phi) is 6.44. The van der Waals surface area contributed by atoms with Gasteiger partial charge in [0.2, 0.25) is 0 Å². The monoisotopic (exact) mass is 486 g/mol. The average molecular weight is 486 g/mol. The summed E-state index contributed by atoms with van der Waals surface area (Å²) in [6.45, 7) is 0. The number of halogens is 6. The summed E-state index contributed by atoms with van der Waals surface area (Å²) in [7, 11) is 0. The van der Waals surface area contributed by atoms with E-state index in [1.165, 1.54) is 6.07 Å². The Morgan fingerprint density at radius 2 is 0.912 bits per heavy atom. The summed E-state index contributed by atoms with van der Waals surface area (Å²) >= 11 is 0. The van der Waals surface area contributed by atoms with Gasteiger partial charge in [-0.25, -0.2) is 9.59 Å². The second-order valence-electron chi connectivity index (χ2n) is 6.70. The van der Waals surface area contributed by atoms with Gasteiger partial charge < -0.3 is 19.7 Å². The minimum atomic E-state index is -4.94. The zero-order valence-electron chi connectivity index (χ0n) is 16.6. The van der Waals surface area contributed by atoms with E-state index in [4.69, 9.17) is 0 Å². The van der Waals surface area contributed by atoms with Gasteiger partial charge >= 0.3 is 24.7 Å². The lowest BCUT2D eigenvalue weighted by Crippen LogP contribution is -2.17. The number of benzene rings is 3. The normalized spacial score (nSPS) is 11.7. The van der Waals surface area contributed by atoms with Crippen molar-refractivity contribution in [2.75, 3.05) is 0 Å². The molecule has 0 aromatic heterocycles. The average Bonchev–Trinajstić information content (AvgIpc) is 2.71. The first-order valence-electron chi connectivity index (χ1n) is 9.10. The van der Waals surface area contributed by atoms with Crippen LogP contribution in [0.1, 0.15) is 20.7 Å². The van der Waals surface area contributed by atoms with E-state index in [0.717, 1.165) is 54.6 Å². The van der Waals surface area contributed by atoms with Crippen molar-refractivity contribution in [3.05, 3.63) is 71.8 Å². The van der Waals surface area contributed by atoms with Gasteiger partial charge in [-0.3, -0.25) is 0 Å². The van der Waals surface area contributed by atoms with Crippen LogP contribution in [0.15, 0.2) is 60.7 Å². The molecule has 0 saturated heterocycles.